The highest BCUT2D eigenvalue weighted by molar-refractivity contribution is 7.75. The summed E-state index contributed by atoms with van der Waals surface area (Å²) in [5, 5.41) is 1.88. The lowest BCUT2D eigenvalue weighted by Gasteiger charge is -2.21. The second-order valence-electron chi connectivity index (χ2n) is 6.10. The largest absolute Gasteiger partial charge is 0.429 e. The molecule has 3 rings (SSSR count). The van der Waals surface area contributed by atoms with E-state index in [9.17, 15) is 0 Å². The van der Waals surface area contributed by atoms with E-state index in [1.165, 1.54) is 0 Å². The maximum absolute atomic E-state index is 5.48. The monoisotopic (exact) mass is 438 g/mol. The lowest BCUT2D eigenvalue weighted by Crippen LogP contribution is -1.99. The van der Waals surface area contributed by atoms with E-state index < -0.39 is 0 Å². The van der Waals surface area contributed by atoms with Gasteiger partial charge in [-0.2, -0.15) is 0 Å². The van der Waals surface area contributed by atoms with Gasteiger partial charge in [-0.1, -0.05) is 12.1 Å². The zero-order valence-electron chi connectivity index (χ0n) is 14.8. The molecule has 0 saturated carbocycles. The molecule has 0 N–H and O–H groups in total. The second-order valence-corrected chi connectivity index (χ2v) is 6.83. The van der Waals surface area contributed by atoms with Gasteiger partial charge in [0.2, 0.25) is 0 Å². The third kappa shape index (κ3) is 3.40. The van der Waals surface area contributed by atoms with E-state index in [2.05, 4.69) is 51.6 Å². The minimum absolute atomic E-state index is 0.560. The van der Waals surface area contributed by atoms with E-state index in [-0.39, 0.29) is 0 Å². The average molecular weight is 439 g/mol. The summed E-state index contributed by atoms with van der Waals surface area (Å²) in [7, 11) is 0. The summed E-state index contributed by atoms with van der Waals surface area (Å²) in [6.45, 7) is 5.82. The van der Waals surface area contributed by atoms with Gasteiger partial charge in [0.05, 0.1) is 0 Å². The maximum Gasteiger partial charge on any atom is 0.148 e. The van der Waals surface area contributed by atoms with Gasteiger partial charge in [0.1, 0.15) is 23.0 Å². The molecule has 0 atom stereocenters. The van der Waals surface area contributed by atoms with Crippen LogP contribution in [0.15, 0.2) is 30.3 Å². The predicted molar refractivity (Wildman–Crippen MR) is 122 cm³/mol. The summed E-state index contributed by atoms with van der Waals surface area (Å²) in [4.78, 5) is 0. The van der Waals surface area contributed by atoms with Crippen LogP contribution in [0.3, 0.4) is 0 Å². The Hall–Kier alpha value is -1.48. The molecule has 0 saturated heterocycles. The Morgan fingerprint density at radius 2 is 1.26 bits per heavy atom. The molecule has 0 bridgehead atoms. The summed E-state index contributed by atoms with van der Waals surface area (Å²) >= 11 is 16.1. The Kier molecular flexibility index (Phi) is 6.20. The molecule has 27 heavy (non-hydrogen) atoms. The quantitative estimate of drug-likeness (QED) is 0.277. The molecule has 0 aliphatic rings. The van der Waals surface area contributed by atoms with Crippen molar-refractivity contribution < 1.29 is 16.7 Å². The van der Waals surface area contributed by atoms with Crippen molar-refractivity contribution in [1.82, 2.24) is 0 Å². The molecule has 0 aliphatic carbocycles. The predicted octanol–water partition coefficient (Wildman–Crippen LogP) is 6.33. The molecule has 3 aromatic carbocycles. The molecule has 0 fully saturated rings. The van der Waals surface area contributed by atoms with Gasteiger partial charge >= 0.3 is 0 Å². The Labute approximate surface area is 180 Å². The zero-order chi connectivity index (χ0) is 19.7. The lowest BCUT2D eigenvalue weighted by molar-refractivity contribution is 0.623. The molecule has 4 nitrogen and oxygen atoms in total. The van der Waals surface area contributed by atoms with E-state index >= 15 is 0 Å². The summed E-state index contributed by atoms with van der Waals surface area (Å²) in [6.07, 6.45) is 0. The fraction of sp³-hybridized carbons (Fsp3) is 0.158. The fourth-order valence-electron chi connectivity index (χ4n) is 3.31. The molecule has 0 heterocycles. The second kappa shape index (κ2) is 8.26. The third-order valence-corrected chi connectivity index (χ3v) is 5.55. The highest BCUT2D eigenvalue weighted by Gasteiger charge is 2.25. The molecule has 0 spiro atoms. The minimum atomic E-state index is 0.560. The van der Waals surface area contributed by atoms with Crippen molar-refractivity contribution in [2.75, 3.05) is 0 Å². The van der Waals surface area contributed by atoms with E-state index in [4.69, 9.17) is 16.7 Å². The molecule has 0 amide bonds. The van der Waals surface area contributed by atoms with Crippen LogP contribution in [0.1, 0.15) is 16.7 Å². The number of thiol groups is 4. The molecular weight excluding hydrogens is 420 g/mol. The van der Waals surface area contributed by atoms with Crippen LogP contribution in [0.4, 0.5) is 0 Å². The summed E-state index contributed by atoms with van der Waals surface area (Å²) in [6, 6.07) is 9.46. The normalized spacial score (nSPS) is 10.8. The van der Waals surface area contributed by atoms with Crippen LogP contribution in [-0.4, -0.2) is 0 Å². The van der Waals surface area contributed by atoms with Crippen LogP contribution >= 0.6 is 51.6 Å². The third-order valence-electron chi connectivity index (χ3n) is 4.78. The SMILES string of the molecule is Cc1c(C)c(OS)c(-c2c(OS)ccc3ccc(OS)cc23)c(C)c1OS. The summed E-state index contributed by atoms with van der Waals surface area (Å²) in [5.74, 6) is 2.43. The highest BCUT2D eigenvalue weighted by Crippen LogP contribution is 2.50. The Morgan fingerprint density at radius 1 is 0.630 bits per heavy atom. The van der Waals surface area contributed by atoms with Crippen LogP contribution in [0.25, 0.3) is 21.9 Å². The molecule has 0 unspecified atom stereocenters. The lowest BCUT2D eigenvalue weighted by atomic mass is 9.89. The van der Waals surface area contributed by atoms with Gasteiger partial charge in [0, 0.05) is 68.3 Å². The smallest absolute Gasteiger partial charge is 0.148 e. The van der Waals surface area contributed by atoms with Crippen LogP contribution in [0, 0.1) is 20.8 Å². The van der Waals surface area contributed by atoms with E-state index in [0.29, 0.717) is 23.0 Å². The van der Waals surface area contributed by atoms with Crippen molar-refractivity contribution in [3.05, 3.63) is 47.0 Å². The van der Waals surface area contributed by atoms with Crippen molar-refractivity contribution in [2.45, 2.75) is 20.8 Å². The van der Waals surface area contributed by atoms with Gasteiger partial charge in [-0.05, 0) is 60.9 Å². The van der Waals surface area contributed by atoms with Gasteiger partial charge in [-0.15, -0.1) is 0 Å². The number of fused-ring (bicyclic) bond motifs is 1. The van der Waals surface area contributed by atoms with Crippen LogP contribution < -0.4 is 16.7 Å². The summed E-state index contributed by atoms with van der Waals surface area (Å²) in [5.41, 5.74) is 4.21. The van der Waals surface area contributed by atoms with Crippen molar-refractivity contribution >= 4 is 62.4 Å². The van der Waals surface area contributed by atoms with E-state index in [0.717, 1.165) is 38.6 Å². The van der Waals surface area contributed by atoms with Gasteiger partial charge < -0.3 is 16.7 Å². The maximum atomic E-state index is 5.48. The van der Waals surface area contributed by atoms with Crippen molar-refractivity contribution in [3.8, 4) is 34.1 Å². The van der Waals surface area contributed by atoms with Crippen molar-refractivity contribution in [3.63, 3.8) is 0 Å². The minimum Gasteiger partial charge on any atom is -0.429 e. The van der Waals surface area contributed by atoms with Gasteiger partial charge in [-0.25, -0.2) is 0 Å². The van der Waals surface area contributed by atoms with Gasteiger partial charge in [-0.3, -0.25) is 0 Å². The molecule has 8 heteroatoms. The number of rotatable bonds is 5. The first-order chi connectivity index (χ1) is 13.0. The van der Waals surface area contributed by atoms with Crippen molar-refractivity contribution in [1.29, 1.82) is 0 Å². The molecule has 0 aromatic heterocycles. The Balaban J connectivity index is 2.53. The first-order valence-electron chi connectivity index (χ1n) is 7.95. The molecule has 0 aliphatic heterocycles. The standard InChI is InChI=1S/C19H18O4S4/c1-9-10(2)19(23-27)16(11(3)18(9)22-26)17-14-8-13(20-24)6-4-12(14)5-7-15(17)21-25/h4-8,24-27H,1-3H3. The van der Waals surface area contributed by atoms with Crippen LogP contribution in [0.2, 0.25) is 0 Å². The fourth-order valence-corrected chi connectivity index (χ4v) is 4.08. The van der Waals surface area contributed by atoms with Crippen LogP contribution in [0.5, 0.6) is 23.0 Å². The molecule has 142 valence electrons. The van der Waals surface area contributed by atoms with Gasteiger partial charge in [0.25, 0.3) is 0 Å². The Bertz CT molecular complexity index is 1020. The van der Waals surface area contributed by atoms with Crippen molar-refractivity contribution in [2.24, 2.45) is 0 Å². The average Bonchev–Trinajstić information content (AvgIpc) is 2.69. The highest BCUT2D eigenvalue weighted by atomic mass is 32.1. The number of hydrogen-bond acceptors (Lipinski definition) is 8. The topological polar surface area (TPSA) is 36.9 Å². The first-order valence-corrected chi connectivity index (χ1v) is 9.41. The Morgan fingerprint density at radius 3 is 1.85 bits per heavy atom. The molecule has 3 aromatic rings. The first kappa shape index (κ1) is 20.3. The zero-order valence-corrected chi connectivity index (χ0v) is 18.4. The summed E-state index contributed by atoms with van der Waals surface area (Å²) < 4.78 is 21.3. The van der Waals surface area contributed by atoms with E-state index in [1.54, 1.807) is 0 Å². The van der Waals surface area contributed by atoms with E-state index in [1.807, 2.05) is 51.1 Å². The molecular formula is C19H18O4S4. The molecule has 0 radical (unpaired) electrons. The number of hydrogen-bond donors (Lipinski definition) is 4. The number of benzene rings is 3. The van der Waals surface area contributed by atoms with Gasteiger partial charge in [0.15, 0.2) is 0 Å². The van der Waals surface area contributed by atoms with Crippen LogP contribution in [-0.2, 0) is 0 Å².